The minimum Gasteiger partial charge on any atom is -0.369 e. The molecule has 10 heteroatoms. The van der Waals surface area contributed by atoms with E-state index in [1.165, 1.54) is 16.2 Å². The largest absolute Gasteiger partial charge is 0.369 e. The fourth-order valence-corrected chi connectivity index (χ4v) is 6.83. The third kappa shape index (κ3) is 5.69. The van der Waals surface area contributed by atoms with E-state index in [2.05, 4.69) is 39.6 Å². The Bertz CT molecular complexity index is 1620. The number of halogens is 1. The lowest BCUT2D eigenvalue weighted by Gasteiger charge is -2.29. The van der Waals surface area contributed by atoms with Crippen molar-refractivity contribution in [3.63, 3.8) is 0 Å². The van der Waals surface area contributed by atoms with Crippen molar-refractivity contribution >= 4 is 44.5 Å². The summed E-state index contributed by atoms with van der Waals surface area (Å²) in [6.07, 6.45) is 6.57. The molecule has 2 aromatic heterocycles. The number of amides is 2. The Kier molecular flexibility index (Phi) is 8.08. The number of aryl methyl sites for hydroxylation is 1. The summed E-state index contributed by atoms with van der Waals surface area (Å²) >= 11 is 1.19. The van der Waals surface area contributed by atoms with Gasteiger partial charge in [-0.25, -0.2) is 4.39 Å². The van der Waals surface area contributed by atoms with Crippen molar-refractivity contribution in [2.24, 2.45) is 0 Å². The molecule has 0 bridgehead atoms. The number of carbonyl (C=O) groups excluding carboxylic acids is 2. The van der Waals surface area contributed by atoms with Gasteiger partial charge in [0.15, 0.2) is 0 Å². The number of thiophene rings is 1. The summed E-state index contributed by atoms with van der Waals surface area (Å²) in [5.74, 6) is -0.467. The number of carbonyl (C=O) groups is 2. The Balaban J connectivity index is 1.35. The number of rotatable bonds is 7. The van der Waals surface area contributed by atoms with Crippen LogP contribution in [-0.2, 0) is 11.3 Å². The van der Waals surface area contributed by atoms with Crippen LogP contribution in [0.2, 0.25) is 0 Å². The van der Waals surface area contributed by atoms with Gasteiger partial charge in [0.05, 0.1) is 9.58 Å². The lowest BCUT2D eigenvalue weighted by molar-refractivity contribution is -0.131. The van der Waals surface area contributed by atoms with Gasteiger partial charge in [0.2, 0.25) is 5.91 Å². The number of hydrogen-bond donors (Lipinski definition) is 1. The molecule has 2 aliphatic heterocycles. The molecule has 218 valence electrons. The Morgan fingerprint density at radius 1 is 1.07 bits per heavy atom. The van der Waals surface area contributed by atoms with E-state index in [1.807, 2.05) is 30.5 Å². The first kappa shape index (κ1) is 28.1. The van der Waals surface area contributed by atoms with Crippen LogP contribution in [0.5, 0.6) is 0 Å². The highest BCUT2D eigenvalue weighted by Crippen LogP contribution is 2.41. The first-order valence-electron chi connectivity index (χ1n) is 14.4. The molecular weight excluding hydrogens is 551 g/mol. The summed E-state index contributed by atoms with van der Waals surface area (Å²) in [4.78, 5) is 32.1. The molecule has 1 fully saturated rings. The number of piperazine rings is 1. The summed E-state index contributed by atoms with van der Waals surface area (Å²) < 4.78 is 18.5. The molecule has 4 heterocycles. The number of aromatic nitrogens is 2. The quantitative estimate of drug-likeness (QED) is 0.339. The van der Waals surface area contributed by atoms with Gasteiger partial charge < -0.3 is 20.0 Å². The maximum absolute atomic E-state index is 16.3. The van der Waals surface area contributed by atoms with Crippen LogP contribution >= 0.6 is 11.3 Å². The van der Waals surface area contributed by atoms with E-state index in [-0.39, 0.29) is 17.6 Å². The predicted molar refractivity (Wildman–Crippen MR) is 166 cm³/mol. The average Bonchev–Trinajstić information content (AvgIpc) is 3.71. The third-order valence-electron chi connectivity index (χ3n) is 7.99. The van der Waals surface area contributed by atoms with Gasteiger partial charge in [-0.1, -0.05) is 18.2 Å². The average molecular weight is 587 g/mol. The molecule has 0 saturated carbocycles. The minimum absolute atomic E-state index is 0.0244. The first-order valence-corrected chi connectivity index (χ1v) is 15.2. The summed E-state index contributed by atoms with van der Waals surface area (Å²) in [7, 11) is 3.41. The zero-order valence-corrected chi connectivity index (χ0v) is 24.8. The van der Waals surface area contributed by atoms with Crippen molar-refractivity contribution in [1.29, 1.82) is 0 Å². The van der Waals surface area contributed by atoms with Crippen LogP contribution in [0.15, 0.2) is 60.9 Å². The fraction of sp³-hybridized carbons (Fsp3) is 0.344. The molecule has 2 amide bonds. The molecule has 1 saturated heterocycles. The van der Waals surface area contributed by atoms with Gasteiger partial charge in [0, 0.05) is 95.4 Å². The number of nitrogens with one attached hydrogen (secondary N) is 1. The summed E-state index contributed by atoms with van der Waals surface area (Å²) in [5, 5.41) is 8.30. The SMILES string of the molecule is CN(C)C(=O)c1cc2c(-c3ccc(N4CCNCC4)cc3)cc(C3=CCCN(C(=O)CCn4cccn4)C3)c(F)c2s1. The summed E-state index contributed by atoms with van der Waals surface area (Å²) in [6.45, 7) is 5.28. The van der Waals surface area contributed by atoms with Crippen molar-refractivity contribution in [3.8, 4) is 11.1 Å². The van der Waals surface area contributed by atoms with E-state index in [4.69, 9.17) is 0 Å². The highest BCUT2D eigenvalue weighted by molar-refractivity contribution is 7.21. The van der Waals surface area contributed by atoms with Crippen molar-refractivity contribution in [3.05, 3.63) is 77.2 Å². The highest BCUT2D eigenvalue weighted by atomic mass is 32.1. The lowest BCUT2D eigenvalue weighted by atomic mass is 9.93. The monoisotopic (exact) mass is 586 g/mol. The van der Waals surface area contributed by atoms with E-state index in [9.17, 15) is 9.59 Å². The zero-order chi connectivity index (χ0) is 29.2. The second-order valence-corrected chi connectivity index (χ2v) is 12.0. The van der Waals surface area contributed by atoms with E-state index >= 15 is 4.39 Å². The van der Waals surface area contributed by atoms with Gasteiger partial charge in [-0.2, -0.15) is 5.10 Å². The van der Waals surface area contributed by atoms with Crippen LogP contribution in [0.4, 0.5) is 10.1 Å². The number of hydrogen-bond acceptors (Lipinski definition) is 6. The Hall–Kier alpha value is -4.02. The van der Waals surface area contributed by atoms with Crippen LogP contribution in [0.25, 0.3) is 26.8 Å². The maximum atomic E-state index is 16.3. The van der Waals surface area contributed by atoms with Gasteiger partial charge in [-0.3, -0.25) is 14.3 Å². The van der Waals surface area contributed by atoms with E-state index in [0.29, 0.717) is 47.6 Å². The molecular formula is C32H35FN6O2S. The Morgan fingerprint density at radius 2 is 1.86 bits per heavy atom. The molecule has 0 spiro atoms. The van der Waals surface area contributed by atoms with Crippen molar-refractivity contribution in [2.45, 2.75) is 19.4 Å². The van der Waals surface area contributed by atoms with E-state index < -0.39 is 0 Å². The normalized spacial score (nSPS) is 15.6. The zero-order valence-electron chi connectivity index (χ0n) is 24.0. The smallest absolute Gasteiger partial charge is 0.263 e. The second-order valence-electron chi connectivity index (χ2n) is 11.0. The molecule has 2 aromatic carbocycles. The van der Waals surface area contributed by atoms with E-state index in [1.54, 1.807) is 29.9 Å². The Labute approximate surface area is 249 Å². The molecule has 8 nitrogen and oxygen atoms in total. The third-order valence-corrected chi connectivity index (χ3v) is 9.10. The number of anilines is 1. The first-order chi connectivity index (χ1) is 20.4. The topological polar surface area (TPSA) is 73.7 Å². The molecule has 42 heavy (non-hydrogen) atoms. The van der Waals surface area contributed by atoms with Gasteiger partial charge in [0.25, 0.3) is 5.91 Å². The van der Waals surface area contributed by atoms with E-state index in [0.717, 1.165) is 54.0 Å². The van der Waals surface area contributed by atoms with Gasteiger partial charge >= 0.3 is 0 Å². The molecule has 1 N–H and O–H groups in total. The van der Waals surface area contributed by atoms with Gasteiger partial charge in [0.1, 0.15) is 5.82 Å². The van der Waals surface area contributed by atoms with Crippen LogP contribution in [0.3, 0.4) is 0 Å². The fourth-order valence-electron chi connectivity index (χ4n) is 5.69. The van der Waals surface area contributed by atoms with Crippen LogP contribution < -0.4 is 10.2 Å². The molecule has 2 aliphatic rings. The molecule has 4 aromatic rings. The van der Waals surface area contributed by atoms with Crippen molar-refractivity contribution in [2.75, 3.05) is 58.3 Å². The van der Waals surface area contributed by atoms with Gasteiger partial charge in [-0.15, -0.1) is 11.3 Å². The number of nitrogens with zero attached hydrogens (tertiary/aromatic N) is 5. The molecule has 6 rings (SSSR count). The maximum Gasteiger partial charge on any atom is 0.263 e. The standard InChI is InChI=1S/C32H35FN6O2S/c1-36(2)32(41)28-20-27-25(22-6-8-24(9-7-22)37-17-12-34-13-18-37)19-26(30(33)31(27)42-28)23-5-3-14-38(21-23)29(40)10-16-39-15-4-11-35-39/h4-9,11,15,19-20,34H,3,10,12-14,16-18,21H2,1-2H3. The highest BCUT2D eigenvalue weighted by Gasteiger charge is 2.25. The Morgan fingerprint density at radius 3 is 2.57 bits per heavy atom. The van der Waals surface area contributed by atoms with Crippen LogP contribution in [0.1, 0.15) is 28.1 Å². The van der Waals surface area contributed by atoms with Crippen LogP contribution in [-0.4, -0.2) is 84.8 Å². The molecule has 0 radical (unpaired) electrons. The number of benzene rings is 2. The minimum atomic E-state index is -0.342. The molecule has 0 aliphatic carbocycles. The van der Waals surface area contributed by atoms with Crippen molar-refractivity contribution in [1.82, 2.24) is 24.9 Å². The lowest BCUT2D eigenvalue weighted by Crippen LogP contribution is -2.43. The van der Waals surface area contributed by atoms with Gasteiger partial charge in [-0.05, 0) is 53.5 Å². The van der Waals surface area contributed by atoms with Crippen molar-refractivity contribution < 1.29 is 14.0 Å². The summed E-state index contributed by atoms with van der Waals surface area (Å²) in [6, 6.07) is 14.0. The molecule has 0 atom stereocenters. The number of fused-ring (bicyclic) bond motifs is 1. The predicted octanol–water partition coefficient (Wildman–Crippen LogP) is 4.72. The molecule has 0 unspecified atom stereocenters. The second kappa shape index (κ2) is 12.1. The van der Waals surface area contributed by atoms with Crippen LogP contribution in [0, 0.1) is 5.82 Å². The summed E-state index contributed by atoms with van der Waals surface area (Å²) in [5.41, 5.74) is 4.28.